The Bertz CT molecular complexity index is 813. The van der Waals surface area contributed by atoms with Gasteiger partial charge in [0.1, 0.15) is 0 Å². The van der Waals surface area contributed by atoms with Crippen LogP contribution in [0.3, 0.4) is 0 Å². The molecule has 0 aliphatic rings. The van der Waals surface area contributed by atoms with E-state index in [0.717, 1.165) is 16.1 Å². The van der Waals surface area contributed by atoms with Crippen LogP contribution in [-0.4, -0.2) is 21.7 Å². The Hall–Kier alpha value is -2.53. The first kappa shape index (κ1) is 16.3. The van der Waals surface area contributed by atoms with Crippen LogP contribution in [0.15, 0.2) is 72.1 Å². The molecule has 0 radical (unpaired) electrons. The normalized spacial score (nSPS) is 11.9. The molecule has 0 spiro atoms. The van der Waals surface area contributed by atoms with Crippen LogP contribution in [0.25, 0.3) is 5.69 Å². The SMILES string of the molecule is CSc1ccccc1C(=O)N[C@@H](C)c1ccc(-n2ccnc2)cc1. The molecule has 0 saturated carbocycles. The molecule has 2 aromatic carbocycles. The van der Waals surface area contributed by atoms with Crippen molar-refractivity contribution < 1.29 is 4.79 Å². The lowest BCUT2D eigenvalue weighted by atomic mass is 10.1. The van der Waals surface area contributed by atoms with E-state index >= 15 is 0 Å². The second-order valence-corrected chi connectivity index (χ2v) is 6.30. The number of carbonyl (C=O) groups is 1. The monoisotopic (exact) mass is 337 g/mol. The van der Waals surface area contributed by atoms with E-state index in [4.69, 9.17) is 0 Å². The zero-order chi connectivity index (χ0) is 16.9. The molecular formula is C19H19N3OS. The summed E-state index contributed by atoms with van der Waals surface area (Å²) in [6.07, 6.45) is 7.39. The highest BCUT2D eigenvalue weighted by Crippen LogP contribution is 2.21. The summed E-state index contributed by atoms with van der Waals surface area (Å²) in [5.41, 5.74) is 2.82. The fraction of sp³-hybridized carbons (Fsp3) is 0.158. The third-order valence-electron chi connectivity index (χ3n) is 3.89. The number of aromatic nitrogens is 2. The van der Waals surface area contributed by atoms with E-state index in [2.05, 4.69) is 10.3 Å². The summed E-state index contributed by atoms with van der Waals surface area (Å²) in [4.78, 5) is 17.6. The minimum absolute atomic E-state index is 0.0499. The summed E-state index contributed by atoms with van der Waals surface area (Å²) in [7, 11) is 0. The van der Waals surface area contributed by atoms with E-state index in [9.17, 15) is 4.79 Å². The summed E-state index contributed by atoms with van der Waals surface area (Å²) in [6, 6.07) is 15.7. The number of thioether (sulfide) groups is 1. The molecule has 5 heteroatoms. The predicted molar refractivity (Wildman–Crippen MR) is 97.7 cm³/mol. The Labute approximate surface area is 145 Å². The average Bonchev–Trinajstić information content (AvgIpc) is 3.16. The first-order valence-corrected chi connectivity index (χ1v) is 8.93. The molecule has 122 valence electrons. The maximum atomic E-state index is 12.5. The van der Waals surface area contributed by atoms with Gasteiger partial charge in [0.2, 0.25) is 0 Å². The molecule has 1 amide bonds. The van der Waals surface area contributed by atoms with Gasteiger partial charge in [-0.25, -0.2) is 4.98 Å². The minimum Gasteiger partial charge on any atom is -0.345 e. The number of hydrogen-bond acceptors (Lipinski definition) is 3. The number of rotatable bonds is 5. The van der Waals surface area contributed by atoms with E-state index in [1.807, 2.05) is 72.5 Å². The number of amides is 1. The third kappa shape index (κ3) is 3.51. The van der Waals surface area contributed by atoms with Crippen molar-refractivity contribution in [2.45, 2.75) is 17.9 Å². The van der Waals surface area contributed by atoms with Crippen molar-refractivity contribution in [3.05, 3.63) is 78.4 Å². The third-order valence-corrected chi connectivity index (χ3v) is 4.69. The number of imidazole rings is 1. The molecule has 0 aliphatic heterocycles. The molecule has 1 aromatic heterocycles. The van der Waals surface area contributed by atoms with Crippen molar-refractivity contribution >= 4 is 17.7 Å². The lowest BCUT2D eigenvalue weighted by molar-refractivity contribution is 0.0937. The second kappa shape index (κ2) is 7.36. The van der Waals surface area contributed by atoms with Gasteiger partial charge < -0.3 is 9.88 Å². The van der Waals surface area contributed by atoms with Crippen LogP contribution < -0.4 is 5.32 Å². The molecular weight excluding hydrogens is 318 g/mol. The lowest BCUT2D eigenvalue weighted by Crippen LogP contribution is -2.27. The maximum Gasteiger partial charge on any atom is 0.252 e. The Morgan fingerprint density at radius 1 is 1.17 bits per heavy atom. The van der Waals surface area contributed by atoms with Crippen molar-refractivity contribution in [2.24, 2.45) is 0 Å². The number of carbonyl (C=O) groups excluding carboxylic acids is 1. The Morgan fingerprint density at radius 2 is 1.92 bits per heavy atom. The summed E-state index contributed by atoms with van der Waals surface area (Å²) in [5, 5.41) is 3.07. The van der Waals surface area contributed by atoms with Gasteiger partial charge in [-0.3, -0.25) is 4.79 Å². The highest BCUT2D eigenvalue weighted by Gasteiger charge is 2.14. The van der Waals surface area contributed by atoms with Crippen molar-refractivity contribution in [1.29, 1.82) is 0 Å². The van der Waals surface area contributed by atoms with Crippen molar-refractivity contribution in [3.63, 3.8) is 0 Å². The van der Waals surface area contributed by atoms with Gasteiger partial charge in [-0.05, 0) is 43.0 Å². The molecule has 0 unspecified atom stereocenters. The molecule has 3 aromatic rings. The van der Waals surface area contributed by atoms with E-state index in [1.165, 1.54) is 0 Å². The smallest absolute Gasteiger partial charge is 0.252 e. The van der Waals surface area contributed by atoms with E-state index in [0.29, 0.717) is 5.56 Å². The molecule has 24 heavy (non-hydrogen) atoms. The Kier molecular flexibility index (Phi) is 5.01. The number of benzene rings is 2. The van der Waals surface area contributed by atoms with Crippen molar-refractivity contribution in [1.82, 2.24) is 14.9 Å². The van der Waals surface area contributed by atoms with Gasteiger partial charge in [0, 0.05) is 23.0 Å². The molecule has 1 atom stereocenters. The van der Waals surface area contributed by atoms with Crippen LogP contribution in [-0.2, 0) is 0 Å². The van der Waals surface area contributed by atoms with Gasteiger partial charge in [0.05, 0.1) is 17.9 Å². The van der Waals surface area contributed by atoms with Crippen molar-refractivity contribution in [2.75, 3.05) is 6.26 Å². The van der Waals surface area contributed by atoms with E-state index in [1.54, 1.807) is 24.3 Å². The topological polar surface area (TPSA) is 46.9 Å². The summed E-state index contributed by atoms with van der Waals surface area (Å²) >= 11 is 1.58. The van der Waals surface area contributed by atoms with Crippen LogP contribution >= 0.6 is 11.8 Å². The van der Waals surface area contributed by atoms with E-state index < -0.39 is 0 Å². The van der Waals surface area contributed by atoms with Crippen LogP contribution in [0.4, 0.5) is 0 Å². The highest BCUT2D eigenvalue weighted by molar-refractivity contribution is 7.98. The zero-order valence-corrected chi connectivity index (χ0v) is 14.5. The maximum absolute atomic E-state index is 12.5. The molecule has 0 fully saturated rings. The second-order valence-electron chi connectivity index (χ2n) is 5.46. The fourth-order valence-electron chi connectivity index (χ4n) is 2.54. The summed E-state index contributed by atoms with van der Waals surface area (Å²) < 4.78 is 1.95. The van der Waals surface area contributed by atoms with Gasteiger partial charge in [0.25, 0.3) is 5.91 Å². The van der Waals surface area contributed by atoms with Crippen LogP contribution in [0.1, 0.15) is 28.9 Å². The van der Waals surface area contributed by atoms with Crippen LogP contribution in [0.5, 0.6) is 0 Å². The van der Waals surface area contributed by atoms with Gasteiger partial charge in [-0.2, -0.15) is 0 Å². The molecule has 1 heterocycles. The van der Waals surface area contributed by atoms with Crippen LogP contribution in [0, 0.1) is 0 Å². The van der Waals surface area contributed by atoms with Crippen molar-refractivity contribution in [3.8, 4) is 5.69 Å². The zero-order valence-electron chi connectivity index (χ0n) is 13.6. The Balaban J connectivity index is 1.72. The summed E-state index contributed by atoms with van der Waals surface area (Å²) in [5.74, 6) is -0.0499. The van der Waals surface area contributed by atoms with Gasteiger partial charge in [0.15, 0.2) is 0 Å². The summed E-state index contributed by atoms with van der Waals surface area (Å²) in [6.45, 7) is 1.99. The van der Waals surface area contributed by atoms with Gasteiger partial charge >= 0.3 is 0 Å². The van der Waals surface area contributed by atoms with Crippen LogP contribution in [0.2, 0.25) is 0 Å². The highest BCUT2D eigenvalue weighted by atomic mass is 32.2. The quantitative estimate of drug-likeness (QED) is 0.714. The molecule has 0 bridgehead atoms. The molecule has 0 aliphatic carbocycles. The molecule has 1 N–H and O–H groups in total. The predicted octanol–water partition coefficient (Wildman–Crippen LogP) is 4.09. The lowest BCUT2D eigenvalue weighted by Gasteiger charge is -2.16. The first-order valence-electron chi connectivity index (χ1n) is 7.71. The number of hydrogen-bond donors (Lipinski definition) is 1. The van der Waals surface area contributed by atoms with Gasteiger partial charge in [-0.1, -0.05) is 24.3 Å². The molecule has 0 saturated heterocycles. The first-order chi connectivity index (χ1) is 11.7. The fourth-order valence-corrected chi connectivity index (χ4v) is 3.13. The van der Waals surface area contributed by atoms with Gasteiger partial charge in [-0.15, -0.1) is 11.8 Å². The number of nitrogens with zero attached hydrogens (tertiary/aromatic N) is 2. The Morgan fingerprint density at radius 3 is 2.58 bits per heavy atom. The number of nitrogens with one attached hydrogen (secondary N) is 1. The minimum atomic E-state index is -0.0655. The molecule has 4 nitrogen and oxygen atoms in total. The average molecular weight is 337 g/mol. The van der Waals surface area contributed by atoms with E-state index in [-0.39, 0.29) is 11.9 Å². The molecule has 3 rings (SSSR count). The standard InChI is InChI=1S/C19H19N3OS/c1-14(21-19(23)17-5-3-4-6-18(17)24-2)15-7-9-16(10-8-15)22-12-11-20-13-22/h3-14H,1-2H3,(H,21,23)/t14-/m0/s1. The largest absolute Gasteiger partial charge is 0.345 e.